The molecule has 0 bridgehead atoms. The van der Waals surface area contributed by atoms with Crippen LogP contribution in [0.15, 0.2) is 42.5 Å². The first-order valence-corrected chi connectivity index (χ1v) is 9.48. The van der Waals surface area contributed by atoms with Crippen LogP contribution in [0.5, 0.6) is 11.5 Å². The molecule has 3 rings (SSSR count). The molecule has 4 nitrogen and oxygen atoms in total. The fraction of sp³-hybridized carbons (Fsp3) is 0.381. The normalized spacial score (nSPS) is 14.2. The van der Waals surface area contributed by atoms with Crippen molar-refractivity contribution in [2.75, 3.05) is 6.61 Å². The van der Waals surface area contributed by atoms with Crippen molar-refractivity contribution in [3.8, 4) is 11.5 Å². The van der Waals surface area contributed by atoms with Gasteiger partial charge in [-0.15, -0.1) is 0 Å². The molecule has 5 heteroatoms. The summed E-state index contributed by atoms with van der Waals surface area (Å²) in [4.78, 5) is 12.5. The molecule has 1 N–H and O–H groups in total. The summed E-state index contributed by atoms with van der Waals surface area (Å²) in [5.41, 5.74) is 1.47. The number of benzene rings is 2. The van der Waals surface area contributed by atoms with Gasteiger partial charge in [-0.05, 0) is 56.2 Å². The van der Waals surface area contributed by atoms with Crippen molar-refractivity contribution in [1.29, 1.82) is 0 Å². The second kappa shape index (κ2) is 8.95. The first-order chi connectivity index (χ1) is 12.7. The van der Waals surface area contributed by atoms with Gasteiger partial charge in [-0.1, -0.05) is 30.5 Å². The van der Waals surface area contributed by atoms with Crippen molar-refractivity contribution in [2.45, 2.75) is 45.3 Å². The van der Waals surface area contributed by atoms with Gasteiger partial charge in [0, 0.05) is 22.2 Å². The van der Waals surface area contributed by atoms with Gasteiger partial charge in [-0.25, -0.2) is 0 Å². The van der Waals surface area contributed by atoms with Crippen molar-refractivity contribution in [2.24, 2.45) is 0 Å². The molecule has 2 aromatic carbocycles. The van der Waals surface area contributed by atoms with Crippen LogP contribution in [0, 0.1) is 0 Å². The number of carbonyl (C=O) groups is 1. The predicted molar refractivity (Wildman–Crippen MR) is 103 cm³/mol. The van der Waals surface area contributed by atoms with Gasteiger partial charge in [0.25, 0.3) is 5.91 Å². The Bertz CT molecular complexity index is 757. The SMILES string of the molecule is CCOc1ccc(C(=O)NC2CCCC2)cc1COc1cccc(Cl)c1. The van der Waals surface area contributed by atoms with E-state index in [4.69, 9.17) is 21.1 Å². The highest BCUT2D eigenvalue weighted by molar-refractivity contribution is 6.30. The van der Waals surface area contributed by atoms with Gasteiger partial charge >= 0.3 is 0 Å². The van der Waals surface area contributed by atoms with E-state index in [2.05, 4.69) is 5.32 Å². The fourth-order valence-corrected chi connectivity index (χ4v) is 3.37. The highest BCUT2D eigenvalue weighted by Gasteiger charge is 2.19. The molecule has 0 saturated heterocycles. The minimum atomic E-state index is -0.0380. The minimum absolute atomic E-state index is 0.0380. The van der Waals surface area contributed by atoms with Gasteiger partial charge in [0.2, 0.25) is 0 Å². The molecule has 1 saturated carbocycles. The summed E-state index contributed by atoms with van der Waals surface area (Å²) in [6.07, 6.45) is 4.50. The second-order valence-corrected chi connectivity index (χ2v) is 6.89. The summed E-state index contributed by atoms with van der Waals surface area (Å²) in [5.74, 6) is 1.37. The van der Waals surface area contributed by atoms with Crippen molar-refractivity contribution in [3.63, 3.8) is 0 Å². The van der Waals surface area contributed by atoms with Crippen LogP contribution in [0.4, 0.5) is 0 Å². The van der Waals surface area contributed by atoms with Gasteiger partial charge in [-0.3, -0.25) is 4.79 Å². The zero-order valence-corrected chi connectivity index (χ0v) is 15.7. The van der Waals surface area contributed by atoms with E-state index in [1.807, 2.05) is 31.2 Å². The maximum Gasteiger partial charge on any atom is 0.251 e. The lowest BCUT2D eigenvalue weighted by atomic mass is 10.1. The van der Waals surface area contributed by atoms with Crippen LogP contribution >= 0.6 is 11.6 Å². The van der Waals surface area contributed by atoms with Crippen LogP contribution in [0.1, 0.15) is 48.5 Å². The van der Waals surface area contributed by atoms with Crippen molar-refractivity contribution >= 4 is 17.5 Å². The monoisotopic (exact) mass is 373 g/mol. The van der Waals surface area contributed by atoms with Gasteiger partial charge in [-0.2, -0.15) is 0 Å². The lowest BCUT2D eigenvalue weighted by Gasteiger charge is -2.15. The molecule has 1 amide bonds. The van der Waals surface area contributed by atoms with E-state index < -0.39 is 0 Å². The number of hydrogen-bond donors (Lipinski definition) is 1. The first kappa shape index (κ1) is 18.6. The van der Waals surface area contributed by atoms with E-state index in [0.29, 0.717) is 35.6 Å². The zero-order valence-electron chi connectivity index (χ0n) is 15.0. The average molecular weight is 374 g/mol. The standard InChI is InChI=1S/C21H24ClNO3/c1-2-25-20-11-10-15(21(24)23-18-7-3-4-8-18)12-16(20)14-26-19-9-5-6-17(22)13-19/h5-6,9-13,18H,2-4,7-8,14H2,1H3,(H,23,24). The lowest BCUT2D eigenvalue weighted by Crippen LogP contribution is -2.32. The van der Waals surface area contributed by atoms with E-state index >= 15 is 0 Å². The smallest absolute Gasteiger partial charge is 0.251 e. The summed E-state index contributed by atoms with van der Waals surface area (Å²) in [6, 6.07) is 13.0. The molecule has 0 unspecified atom stereocenters. The molecular formula is C21H24ClNO3. The third-order valence-electron chi connectivity index (χ3n) is 4.50. The van der Waals surface area contributed by atoms with Crippen molar-refractivity contribution < 1.29 is 14.3 Å². The molecule has 0 atom stereocenters. The maximum absolute atomic E-state index is 12.5. The van der Waals surface area contributed by atoms with Crippen LogP contribution in [-0.4, -0.2) is 18.6 Å². The van der Waals surface area contributed by atoms with E-state index in [1.54, 1.807) is 18.2 Å². The molecular weight excluding hydrogens is 350 g/mol. The average Bonchev–Trinajstić information content (AvgIpc) is 3.14. The van der Waals surface area contributed by atoms with Crippen molar-refractivity contribution in [1.82, 2.24) is 5.32 Å². The Balaban J connectivity index is 1.73. The molecule has 26 heavy (non-hydrogen) atoms. The quantitative estimate of drug-likeness (QED) is 0.743. The number of amides is 1. The Morgan fingerprint density at radius 1 is 1.15 bits per heavy atom. The molecule has 2 aromatic rings. The summed E-state index contributed by atoms with van der Waals surface area (Å²) >= 11 is 6.00. The Hall–Kier alpha value is -2.20. The molecule has 0 heterocycles. The van der Waals surface area contributed by atoms with Gasteiger partial charge < -0.3 is 14.8 Å². The topological polar surface area (TPSA) is 47.6 Å². The fourth-order valence-electron chi connectivity index (χ4n) is 3.19. The van der Waals surface area contributed by atoms with Gasteiger partial charge in [0.15, 0.2) is 0 Å². The third kappa shape index (κ3) is 4.92. The zero-order chi connectivity index (χ0) is 18.4. The van der Waals surface area contributed by atoms with Crippen molar-refractivity contribution in [3.05, 3.63) is 58.6 Å². The van der Waals surface area contributed by atoms with Gasteiger partial charge in [0.1, 0.15) is 18.1 Å². The Labute approximate surface area is 159 Å². The minimum Gasteiger partial charge on any atom is -0.493 e. The van der Waals surface area contributed by atoms with Crippen LogP contribution in [-0.2, 0) is 6.61 Å². The predicted octanol–water partition coefficient (Wildman–Crippen LogP) is 4.99. The summed E-state index contributed by atoms with van der Waals surface area (Å²) in [5, 5.41) is 3.74. The number of rotatable bonds is 7. The van der Waals surface area contributed by atoms with E-state index in [9.17, 15) is 4.79 Å². The Kier molecular flexibility index (Phi) is 6.40. The Morgan fingerprint density at radius 2 is 1.96 bits per heavy atom. The van der Waals surface area contributed by atoms with E-state index in [1.165, 1.54) is 12.8 Å². The van der Waals surface area contributed by atoms with E-state index in [0.717, 1.165) is 24.2 Å². The molecule has 0 spiro atoms. The number of ether oxygens (including phenoxy) is 2. The van der Waals surface area contributed by atoms with Crippen LogP contribution < -0.4 is 14.8 Å². The number of carbonyl (C=O) groups excluding carboxylic acids is 1. The molecule has 0 aromatic heterocycles. The summed E-state index contributed by atoms with van der Waals surface area (Å²) in [6.45, 7) is 2.79. The van der Waals surface area contributed by atoms with Gasteiger partial charge in [0.05, 0.1) is 6.61 Å². The number of halogens is 1. The molecule has 1 aliphatic rings. The molecule has 1 aliphatic carbocycles. The highest BCUT2D eigenvalue weighted by atomic mass is 35.5. The molecule has 0 aliphatic heterocycles. The second-order valence-electron chi connectivity index (χ2n) is 6.46. The van der Waals surface area contributed by atoms with Crippen LogP contribution in [0.25, 0.3) is 0 Å². The molecule has 0 radical (unpaired) electrons. The van der Waals surface area contributed by atoms with Crippen LogP contribution in [0.3, 0.4) is 0 Å². The van der Waals surface area contributed by atoms with Crippen LogP contribution in [0.2, 0.25) is 5.02 Å². The first-order valence-electron chi connectivity index (χ1n) is 9.10. The Morgan fingerprint density at radius 3 is 2.69 bits per heavy atom. The van der Waals surface area contributed by atoms with E-state index in [-0.39, 0.29) is 5.91 Å². The summed E-state index contributed by atoms with van der Waals surface area (Å²) in [7, 11) is 0. The number of nitrogens with one attached hydrogen (secondary N) is 1. The third-order valence-corrected chi connectivity index (χ3v) is 4.74. The molecule has 138 valence electrons. The summed E-state index contributed by atoms with van der Waals surface area (Å²) < 4.78 is 11.5. The molecule has 1 fully saturated rings. The lowest BCUT2D eigenvalue weighted by molar-refractivity contribution is 0.0937. The maximum atomic E-state index is 12.5. The largest absolute Gasteiger partial charge is 0.493 e. The number of hydrogen-bond acceptors (Lipinski definition) is 3. The highest BCUT2D eigenvalue weighted by Crippen LogP contribution is 2.25.